The molecule has 1 amide bonds. The van der Waals surface area contributed by atoms with Gasteiger partial charge in [0.25, 0.3) is 0 Å². The van der Waals surface area contributed by atoms with E-state index in [0.29, 0.717) is 18.2 Å². The van der Waals surface area contributed by atoms with Crippen molar-refractivity contribution in [2.24, 2.45) is 11.8 Å². The molecular formula is C17H33N3O. The summed E-state index contributed by atoms with van der Waals surface area (Å²) in [4.78, 5) is 19.2. The number of carbonyl (C=O) groups excluding carboxylic acids is 1. The van der Waals surface area contributed by atoms with Crippen LogP contribution in [0, 0.1) is 11.8 Å². The lowest BCUT2D eigenvalue weighted by Crippen LogP contribution is -2.52. The minimum absolute atomic E-state index is 0.341. The lowest BCUT2D eigenvalue weighted by Gasteiger charge is -2.39. The molecule has 2 rings (SSSR count). The van der Waals surface area contributed by atoms with Crippen molar-refractivity contribution in [1.29, 1.82) is 0 Å². The van der Waals surface area contributed by atoms with Crippen LogP contribution in [0.2, 0.25) is 0 Å². The fourth-order valence-corrected chi connectivity index (χ4v) is 3.44. The molecule has 2 aliphatic heterocycles. The van der Waals surface area contributed by atoms with E-state index in [4.69, 9.17) is 0 Å². The first kappa shape index (κ1) is 16.8. The van der Waals surface area contributed by atoms with Crippen molar-refractivity contribution < 1.29 is 4.79 Å². The molecule has 0 aliphatic carbocycles. The molecule has 0 bridgehead atoms. The highest BCUT2D eigenvalue weighted by atomic mass is 16.2. The van der Waals surface area contributed by atoms with Crippen molar-refractivity contribution in [3.8, 4) is 0 Å². The van der Waals surface area contributed by atoms with Crippen LogP contribution in [0.3, 0.4) is 0 Å². The Morgan fingerprint density at radius 2 is 1.57 bits per heavy atom. The monoisotopic (exact) mass is 295 g/mol. The second-order valence-corrected chi connectivity index (χ2v) is 7.21. The highest BCUT2D eigenvalue weighted by Gasteiger charge is 2.24. The van der Waals surface area contributed by atoms with E-state index in [1.165, 1.54) is 32.4 Å². The van der Waals surface area contributed by atoms with Gasteiger partial charge in [0.15, 0.2) is 0 Å². The molecule has 0 radical (unpaired) electrons. The molecule has 4 heteroatoms. The maximum absolute atomic E-state index is 12.1. The van der Waals surface area contributed by atoms with Gasteiger partial charge >= 0.3 is 0 Å². The summed E-state index contributed by atoms with van der Waals surface area (Å²) in [5, 5.41) is 0. The maximum Gasteiger partial charge on any atom is 0.222 e. The van der Waals surface area contributed by atoms with E-state index in [1.807, 2.05) is 0 Å². The Morgan fingerprint density at radius 1 is 1.00 bits per heavy atom. The molecule has 21 heavy (non-hydrogen) atoms. The minimum atomic E-state index is 0.341. The van der Waals surface area contributed by atoms with Crippen LogP contribution >= 0.6 is 0 Å². The van der Waals surface area contributed by atoms with Crippen molar-refractivity contribution in [1.82, 2.24) is 14.7 Å². The Balaban J connectivity index is 1.66. The first-order chi connectivity index (χ1) is 10.1. The summed E-state index contributed by atoms with van der Waals surface area (Å²) >= 11 is 0. The Bertz CT molecular complexity index is 316. The van der Waals surface area contributed by atoms with Crippen LogP contribution in [0.25, 0.3) is 0 Å². The molecule has 0 unspecified atom stereocenters. The van der Waals surface area contributed by atoms with E-state index in [0.717, 1.165) is 38.8 Å². The zero-order valence-corrected chi connectivity index (χ0v) is 14.2. The maximum atomic E-state index is 12.1. The Hall–Kier alpha value is -0.610. The molecule has 0 spiro atoms. The van der Waals surface area contributed by atoms with Crippen molar-refractivity contribution in [3.05, 3.63) is 0 Å². The topological polar surface area (TPSA) is 26.8 Å². The van der Waals surface area contributed by atoms with Gasteiger partial charge in [-0.1, -0.05) is 27.2 Å². The Labute approximate surface area is 130 Å². The third-order valence-corrected chi connectivity index (χ3v) is 4.99. The summed E-state index contributed by atoms with van der Waals surface area (Å²) in [7, 11) is 0. The molecule has 0 aromatic rings. The first-order valence-electron chi connectivity index (χ1n) is 8.81. The van der Waals surface area contributed by atoms with Gasteiger partial charge in [-0.3, -0.25) is 14.6 Å². The second-order valence-electron chi connectivity index (χ2n) is 7.21. The van der Waals surface area contributed by atoms with E-state index < -0.39 is 0 Å². The highest BCUT2D eigenvalue weighted by Crippen LogP contribution is 2.20. The van der Waals surface area contributed by atoms with Crippen LogP contribution in [0.1, 0.15) is 46.5 Å². The number of rotatable bonds is 5. The predicted octanol–water partition coefficient (Wildman–Crippen LogP) is 2.26. The average molecular weight is 295 g/mol. The normalized spacial score (nSPS) is 23.0. The predicted molar refractivity (Wildman–Crippen MR) is 87.1 cm³/mol. The van der Waals surface area contributed by atoms with Crippen molar-refractivity contribution >= 4 is 5.91 Å². The molecule has 2 heterocycles. The third kappa shape index (κ3) is 5.26. The zero-order chi connectivity index (χ0) is 15.2. The zero-order valence-electron chi connectivity index (χ0n) is 14.2. The Morgan fingerprint density at radius 3 is 2.10 bits per heavy atom. The summed E-state index contributed by atoms with van der Waals surface area (Å²) in [6.45, 7) is 14.1. The van der Waals surface area contributed by atoms with E-state index >= 15 is 0 Å². The lowest BCUT2D eigenvalue weighted by atomic mass is 9.95. The number of piperazine rings is 1. The second kappa shape index (κ2) is 8.14. The molecule has 4 nitrogen and oxygen atoms in total. The van der Waals surface area contributed by atoms with Gasteiger partial charge in [-0.15, -0.1) is 0 Å². The molecule has 2 saturated heterocycles. The fraction of sp³-hybridized carbons (Fsp3) is 0.941. The van der Waals surface area contributed by atoms with Gasteiger partial charge in [0.05, 0.1) is 6.67 Å². The summed E-state index contributed by atoms with van der Waals surface area (Å²) < 4.78 is 0. The van der Waals surface area contributed by atoms with E-state index in [9.17, 15) is 4.79 Å². The van der Waals surface area contributed by atoms with Crippen molar-refractivity contribution in [3.63, 3.8) is 0 Å². The number of likely N-dealkylation sites (tertiary alicyclic amines) is 1. The highest BCUT2D eigenvalue weighted by molar-refractivity contribution is 5.76. The average Bonchev–Trinajstić information content (AvgIpc) is 2.48. The summed E-state index contributed by atoms with van der Waals surface area (Å²) in [6, 6.07) is 0. The van der Waals surface area contributed by atoms with Gasteiger partial charge in [-0.05, 0) is 37.8 Å². The number of amides is 1. The number of piperidine rings is 1. The molecule has 0 saturated carbocycles. The molecule has 0 N–H and O–H groups in total. The van der Waals surface area contributed by atoms with Crippen molar-refractivity contribution in [2.45, 2.75) is 46.5 Å². The smallest absolute Gasteiger partial charge is 0.222 e. The van der Waals surface area contributed by atoms with E-state index in [-0.39, 0.29) is 0 Å². The largest absolute Gasteiger partial charge is 0.340 e. The summed E-state index contributed by atoms with van der Waals surface area (Å²) in [5.74, 6) is 1.76. The SMILES string of the molecule is CCC1CCN(CN2CCN(C(=O)CC(C)C)CC2)CC1. The number of hydrogen-bond acceptors (Lipinski definition) is 3. The molecule has 0 aromatic carbocycles. The number of nitrogens with zero attached hydrogens (tertiary/aromatic N) is 3. The molecule has 0 atom stereocenters. The van der Waals surface area contributed by atoms with E-state index in [1.54, 1.807) is 0 Å². The van der Waals surface area contributed by atoms with Gasteiger partial charge in [0.1, 0.15) is 0 Å². The molecular weight excluding hydrogens is 262 g/mol. The van der Waals surface area contributed by atoms with Crippen molar-refractivity contribution in [2.75, 3.05) is 45.9 Å². The van der Waals surface area contributed by atoms with Crippen LogP contribution in [-0.2, 0) is 4.79 Å². The Kier molecular flexibility index (Phi) is 6.49. The first-order valence-corrected chi connectivity index (χ1v) is 8.81. The molecule has 122 valence electrons. The number of hydrogen-bond donors (Lipinski definition) is 0. The van der Waals surface area contributed by atoms with Gasteiger partial charge in [0.2, 0.25) is 5.91 Å². The number of carbonyl (C=O) groups is 1. The van der Waals surface area contributed by atoms with Gasteiger partial charge < -0.3 is 4.90 Å². The van der Waals surface area contributed by atoms with Crippen LogP contribution < -0.4 is 0 Å². The lowest BCUT2D eigenvalue weighted by molar-refractivity contribution is -0.134. The molecule has 2 aliphatic rings. The third-order valence-electron chi connectivity index (χ3n) is 4.99. The quantitative estimate of drug-likeness (QED) is 0.778. The molecule has 0 aromatic heterocycles. The standard InChI is InChI=1S/C17H33N3O/c1-4-16-5-7-18(8-6-16)14-19-9-11-20(12-10-19)17(21)13-15(2)3/h15-16H,4-14H2,1-3H3. The van der Waals surface area contributed by atoms with E-state index in [2.05, 4.69) is 35.5 Å². The molecule has 2 fully saturated rings. The van der Waals surface area contributed by atoms with Crippen LogP contribution in [0.4, 0.5) is 0 Å². The van der Waals surface area contributed by atoms with Crippen LogP contribution in [-0.4, -0.2) is 66.5 Å². The minimum Gasteiger partial charge on any atom is -0.340 e. The van der Waals surface area contributed by atoms with Gasteiger partial charge in [0, 0.05) is 32.6 Å². The fourth-order valence-electron chi connectivity index (χ4n) is 3.44. The van der Waals surface area contributed by atoms with Gasteiger partial charge in [-0.2, -0.15) is 0 Å². The summed E-state index contributed by atoms with van der Waals surface area (Å²) in [6.07, 6.45) is 4.77. The van der Waals surface area contributed by atoms with Crippen LogP contribution in [0.5, 0.6) is 0 Å². The van der Waals surface area contributed by atoms with Crippen LogP contribution in [0.15, 0.2) is 0 Å². The summed E-state index contributed by atoms with van der Waals surface area (Å²) in [5.41, 5.74) is 0. The van der Waals surface area contributed by atoms with Gasteiger partial charge in [-0.25, -0.2) is 0 Å².